The summed E-state index contributed by atoms with van der Waals surface area (Å²) in [5.74, 6) is 0.152. The Kier molecular flexibility index (Phi) is 4.97. The minimum Gasteiger partial charge on any atom is -0.376 e. The lowest BCUT2D eigenvalue weighted by molar-refractivity contribution is -0.119. The Morgan fingerprint density at radius 2 is 2.30 bits per heavy atom. The average Bonchev–Trinajstić information content (AvgIpc) is 3.08. The summed E-state index contributed by atoms with van der Waals surface area (Å²) < 4.78 is 6.96. The van der Waals surface area contributed by atoms with Crippen molar-refractivity contribution in [3.63, 3.8) is 0 Å². The second-order valence-electron chi connectivity index (χ2n) is 5.50. The molecule has 0 saturated carbocycles. The van der Waals surface area contributed by atoms with Crippen LogP contribution in [0.3, 0.4) is 0 Å². The molecule has 0 spiro atoms. The largest absolute Gasteiger partial charge is 0.376 e. The lowest BCUT2D eigenvalue weighted by Gasteiger charge is -2.11. The van der Waals surface area contributed by atoms with E-state index in [0.717, 1.165) is 19.4 Å². The minimum absolute atomic E-state index is 0.0760. The van der Waals surface area contributed by atoms with Gasteiger partial charge >= 0.3 is 0 Å². The molecule has 1 aliphatic heterocycles. The molecule has 0 bridgehead atoms. The molecule has 1 aromatic heterocycles. The summed E-state index contributed by atoms with van der Waals surface area (Å²) in [5, 5.41) is 3.99. The molecular formula is C16H19N3O3S. The number of para-hydroxylation sites is 1. The predicted octanol–water partition coefficient (Wildman–Crippen LogP) is 1.32. The quantitative estimate of drug-likeness (QED) is 0.660. The van der Waals surface area contributed by atoms with Crippen molar-refractivity contribution in [1.82, 2.24) is 14.9 Å². The number of benzene rings is 1. The third-order valence-corrected chi connectivity index (χ3v) is 4.86. The molecule has 23 heavy (non-hydrogen) atoms. The van der Waals surface area contributed by atoms with Crippen LogP contribution in [0.4, 0.5) is 0 Å². The standard InChI is InChI=1S/C16H19N3O3S/c1-19-15(21)12-6-2-3-7-13(12)18-16(19)23-10-14(20)17-9-11-5-4-8-22-11/h2-3,6-7,11H,4-5,8-10H2,1H3,(H,17,20). The fourth-order valence-electron chi connectivity index (χ4n) is 2.54. The maximum atomic E-state index is 12.3. The second-order valence-corrected chi connectivity index (χ2v) is 6.45. The van der Waals surface area contributed by atoms with Crippen LogP contribution in [-0.4, -0.2) is 40.5 Å². The van der Waals surface area contributed by atoms with Gasteiger partial charge in [-0.2, -0.15) is 0 Å². The number of amides is 1. The van der Waals surface area contributed by atoms with Crippen LogP contribution in [0.2, 0.25) is 0 Å². The van der Waals surface area contributed by atoms with E-state index in [1.807, 2.05) is 12.1 Å². The van der Waals surface area contributed by atoms with Crippen LogP contribution in [0.25, 0.3) is 10.9 Å². The van der Waals surface area contributed by atoms with Gasteiger partial charge < -0.3 is 10.1 Å². The van der Waals surface area contributed by atoms with E-state index in [9.17, 15) is 9.59 Å². The minimum atomic E-state index is -0.0992. The van der Waals surface area contributed by atoms with Gasteiger partial charge in [-0.3, -0.25) is 14.2 Å². The van der Waals surface area contributed by atoms with E-state index < -0.39 is 0 Å². The van der Waals surface area contributed by atoms with E-state index >= 15 is 0 Å². The van der Waals surface area contributed by atoms with Crippen LogP contribution in [-0.2, 0) is 16.6 Å². The van der Waals surface area contributed by atoms with Crippen LogP contribution in [0, 0.1) is 0 Å². The molecule has 122 valence electrons. The van der Waals surface area contributed by atoms with Crippen molar-refractivity contribution in [2.24, 2.45) is 7.05 Å². The summed E-state index contributed by atoms with van der Waals surface area (Å²) >= 11 is 1.27. The summed E-state index contributed by atoms with van der Waals surface area (Å²) in [5.41, 5.74) is 0.552. The molecule has 1 amide bonds. The van der Waals surface area contributed by atoms with Crippen molar-refractivity contribution in [2.45, 2.75) is 24.1 Å². The van der Waals surface area contributed by atoms with Gasteiger partial charge in [-0.25, -0.2) is 4.98 Å². The first-order chi connectivity index (χ1) is 11.1. The molecule has 1 saturated heterocycles. The van der Waals surface area contributed by atoms with Crippen LogP contribution in [0.1, 0.15) is 12.8 Å². The molecular weight excluding hydrogens is 314 g/mol. The zero-order valence-corrected chi connectivity index (χ0v) is 13.8. The number of ether oxygens (including phenoxy) is 1. The first-order valence-corrected chi connectivity index (χ1v) is 8.60. The molecule has 1 atom stereocenters. The number of aromatic nitrogens is 2. The van der Waals surface area contributed by atoms with Crippen LogP contribution in [0.5, 0.6) is 0 Å². The zero-order chi connectivity index (χ0) is 16.2. The van der Waals surface area contributed by atoms with Crippen molar-refractivity contribution in [1.29, 1.82) is 0 Å². The Bertz CT molecular complexity index is 769. The van der Waals surface area contributed by atoms with Crippen LogP contribution in [0.15, 0.2) is 34.2 Å². The van der Waals surface area contributed by atoms with E-state index in [1.165, 1.54) is 16.3 Å². The van der Waals surface area contributed by atoms with Gasteiger partial charge in [0.2, 0.25) is 5.91 Å². The molecule has 2 aromatic rings. The van der Waals surface area contributed by atoms with Crippen molar-refractivity contribution in [3.8, 4) is 0 Å². The summed E-state index contributed by atoms with van der Waals surface area (Å²) in [6.45, 7) is 1.32. The Hall–Kier alpha value is -1.86. The molecule has 0 radical (unpaired) electrons. The molecule has 1 N–H and O–H groups in total. The lowest BCUT2D eigenvalue weighted by atomic mass is 10.2. The number of carbonyl (C=O) groups excluding carboxylic acids is 1. The van der Waals surface area contributed by atoms with Gasteiger partial charge in [0.1, 0.15) is 0 Å². The Morgan fingerprint density at radius 3 is 3.09 bits per heavy atom. The first-order valence-electron chi connectivity index (χ1n) is 7.62. The normalized spacial score (nSPS) is 17.5. The van der Waals surface area contributed by atoms with Crippen LogP contribution >= 0.6 is 11.8 Å². The highest BCUT2D eigenvalue weighted by Gasteiger charge is 2.16. The molecule has 3 rings (SSSR count). The first kappa shape index (κ1) is 16.0. The van der Waals surface area contributed by atoms with Gasteiger partial charge in [0.05, 0.1) is 22.8 Å². The number of thioether (sulfide) groups is 1. The fraction of sp³-hybridized carbons (Fsp3) is 0.438. The summed E-state index contributed by atoms with van der Waals surface area (Å²) in [6, 6.07) is 7.22. The van der Waals surface area contributed by atoms with Gasteiger partial charge in [-0.05, 0) is 25.0 Å². The topological polar surface area (TPSA) is 73.2 Å². The van der Waals surface area contributed by atoms with Crippen molar-refractivity contribution in [2.75, 3.05) is 18.9 Å². The van der Waals surface area contributed by atoms with Gasteiger partial charge in [0.25, 0.3) is 5.56 Å². The highest BCUT2D eigenvalue weighted by Crippen LogP contribution is 2.16. The number of nitrogens with zero attached hydrogens (tertiary/aromatic N) is 2. The third-order valence-electron chi connectivity index (χ3n) is 3.83. The van der Waals surface area contributed by atoms with E-state index in [0.29, 0.717) is 22.6 Å². The van der Waals surface area contributed by atoms with E-state index in [1.54, 1.807) is 19.2 Å². The molecule has 0 aliphatic carbocycles. The van der Waals surface area contributed by atoms with Crippen molar-refractivity contribution >= 4 is 28.6 Å². The number of hydrogen-bond donors (Lipinski definition) is 1. The SMILES string of the molecule is Cn1c(SCC(=O)NCC2CCCO2)nc2ccccc2c1=O. The molecule has 7 heteroatoms. The number of carbonyl (C=O) groups is 1. The number of nitrogens with one attached hydrogen (secondary N) is 1. The second kappa shape index (κ2) is 7.14. The Balaban J connectivity index is 1.63. The van der Waals surface area contributed by atoms with Crippen molar-refractivity contribution < 1.29 is 9.53 Å². The molecule has 1 aromatic carbocycles. The maximum Gasteiger partial charge on any atom is 0.261 e. The molecule has 1 unspecified atom stereocenters. The van der Waals surface area contributed by atoms with Gasteiger partial charge in [-0.1, -0.05) is 23.9 Å². The highest BCUT2D eigenvalue weighted by molar-refractivity contribution is 7.99. The number of rotatable bonds is 5. The number of fused-ring (bicyclic) bond motifs is 1. The Morgan fingerprint density at radius 1 is 1.48 bits per heavy atom. The molecule has 1 aliphatic rings. The van der Waals surface area contributed by atoms with Crippen LogP contribution < -0.4 is 10.9 Å². The van der Waals surface area contributed by atoms with Gasteiger partial charge in [0.15, 0.2) is 5.16 Å². The van der Waals surface area contributed by atoms with E-state index in [4.69, 9.17) is 4.74 Å². The predicted molar refractivity (Wildman–Crippen MR) is 89.7 cm³/mol. The molecule has 1 fully saturated rings. The molecule has 6 nitrogen and oxygen atoms in total. The molecule has 2 heterocycles. The smallest absolute Gasteiger partial charge is 0.261 e. The monoisotopic (exact) mass is 333 g/mol. The van der Waals surface area contributed by atoms with E-state index in [2.05, 4.69) is 10.3 Å². The maximum absolute atomic E-state index is 12.3. The lowest BCUT2D eigenvalue weighted by Crippen LogP contribution is -2.33. The highest BCUT2D eigenvalue weighted by atomic mass is 32.2. The van der Waals surface area contributed by atoms with Gasteiger partial charge in [-0.15, -0.1) is 0 Å². The third kappa shape index (κ3) is 3.73. The van der Waals surface area contributed by atoms with Crippen molar-refractivity contribution in [3.05, 3.63) is 34.6 Å². The Labute approximate surface area is 138 Å². The zero-order valence-electron chi connectivity index (χ0n) is 12.9. The average molecular weight is 333 g/mol. The summed E-state index contributed by atoms with van der Waals surface area (Å²) in [7, 11) is 1.67. The summed E-state index contributed by atoms with van der Waals surface area (Å²) in [6.07, 6.45) is 2.18. The van der Waals surface area contributed by atoms with E-state index in [-0.39, 0.29) is 23.3 Å². The van der Waals surface area contributed by atoms with Gasteiger partial charge in [0, 0.05) is 20.2 Å². The fourth-order valence-corrected chi connectivity index (χ4v) is 3.34. The summed E-state index contributed by atoms with van der Waals surface area (Å²) in [4.78, 5) is 28.7. The number of hydrogen-bond acceptors (Lipinski definition) is 5.